The minimum atomic E-state index is -0.416. The van der Waals surface area contributed by atoms with E-state index < -0.39 is 5.41 Å². The van der Waals surface area contributed by atoms with Gasteiger partial charge in [-0.15, -0.1) is 0 Å². The van der Waals surface area contributed by atoms with E-state index in [4.69, 9.17) is 32.9 Å². The van der Waals surface area contributed by atoms with Crippen LogP contribution < -0.4 is 10.3 Å². The third kappa shape index (κ3) is 5.77. The number of rotatable bonds is 5. The lowest BCUT2D eigenvalue weighted by Gasteiger charge is -2.20. The van der Waals surface area contributed by atoms with Crippen LogP contribution in [0.25, 0.3) is 10.9 Å². The topological polar surface area (TPSA) is 56.5 Å². The number of aryl methyl sites for hydroxylation is 1. The monoisotopic (exact) mass is 571 g/mol. The summed E-state index contributed by atoms with van der Waals surface area (Å²) in [5.74, 6) is 0.945. The molecule has 35 heavy (non-hydrogen) atoms. The quantitative estimate of drug-likeness (QED) is 0.232. The summed E-state index contributed by atoms with van der Waals surface area (Å²) in [7, 11) is 0. The number of hydrogen-bond donors (Lipinski definition) is 0. The Labute approximate surface area is 222 Å². The van der Waals surface area contributed by atoms with Crippen LogP contribution in [0.4, 0.5) is 0 Å². The highest BCUT2D eigenvalue weighted by atomic mass is 79.9. The molecule has 0 saturated carbocycles. The van der Waals surface area contributed by atoms with Gasteiger partial charge in [-0.1, -0.05) is 89.7 Å². The summed E-state index contributed by atoms with van der Waals surface area (Å²) in [4.78, 5) is 18.0. The van der Waals surface area contributed by atoms with Crippen LogP contribution >= 0.6 is 39.1 Å². The van der Waals surface area contributed by atoms with Gasteiger partial charge in [0.15, 0.2) is 5.75 Å². The van der Waals surface area contributed by atoms with E-state index in [1.54, 1.807) is 24.4 Å². The molecule has 8 heteroatoms. The SMILES string of the molecule is Cc1cccc(COc2c(Cl)cc(C=Nn3c(C(C)(C)C)nc4ccc(Br)cc4c3=O)cc2Cl)c1. The molecule has 4 aromatic rings. The van der Waals surface area contributed by atoms with Crippen LogP contribution in [-0.4, -0.2) is 15.9 Å². The van der Waals surface area contributed by atoms with Crippen molar-refractivity contribution >= 4 is 56.2 Å². The second kappa shape index (κ2) is 10.1. The zero-order valence-electron chi connectivity index (χ0n) is 19.8. The maximum atomic E-state index is 13.3. The Balaban J connectivity index is 1.68. The number of nitrogens with zero attached hydrogens (tertiary/aromatic N) is 3. The summed E-state index contributed by atoms with van der Waals surface area (Å²) in [5, 5.41) is 5.67. The predicted octanol–water partition coefficient (Wildman–Crippen LogP) is 7.53. The largest absolute Gasteiger partial charge is 0.486 e. The maximum Gasteiger partial charge on any atom is 0.282 e. The summed E-state index contributed by atoms with van der Waals surface area (Å²) in [6.45, 7) is 8.33. The molecule has 0 amide bonds. The van der Waals surface area contributed by atoms with Gasteiger partial charge in [0.25, 0.3) is 5.56 Å². The zero-order chi connectivity index (χ0) is 25.3. The molecule has 0 spiro atoms. The van der Waals surface area contributed by atoms with Crippen molar-refractivity contribution in [2.75, 3.05) is 0 Å². The van der Waals surface area contributed by atoms with E-state index in [1.165, 1.54) is 4.68 Å². The molecule has 4 rings (SSSR count). The molecule has 180 valence electrons. The first kappa shape index (κ1) is 25.4. The standard InChI is InChI=1S/C27H24BrCl2N3O2/c1-16-6-5-7-17(10-16)15-35-24-21(29)11-18(12-22(24)30)14-31-33-25(34)20-13-19(28)8-9-23(20)32-26(33)27(2,3)4/h5-14H,15H2,1-4H3. The van der Waals surface area contributed by atoms with Crippen molar-refractivity contribution in [3.05, 3.63) is 102 Å². The van der Waals surface area contributed by atoms with Gasteiger partial charge in [-0.2, -0.15) is 9.78 Å². The second-order valence-electron chi connectivity index (χ2n) is 9.30. The van der Waals surface area contributed by atoms with Gasteiger partial charge in [-0.25, -0.2) is 4.98 Å². The van der Waals surface area contributed by atoms with Crippen LogP contribution in [0.5, 0.6) is 5.75 Å². The minimum absolute atomic E-state index is 0.257. The highest BCUT2D eigenvalue weighted by molar-refractivity contribution is 9.10. The number of halogens is 3. The van der Waals surface area contributed by atoms with Crippen molar-refractivity contribution in [2.24, 2.45) is 5.10 Å². The average molecular weight is 573 g/mol. The molecule has 0 radical (unpaired) electrons. The Hall–Kier alpha value is -2.67. The number of hydrogen-bond acceptors (Lipinski definition) is 4. The van der Waals surface area contributed by atoms with Crippen LogP contribution in [-0.2, 0) is 12.0 Å². The van der Waals surface area contributed by atoms with Gasteiger partial charge in [0.1, 0.15) is 12.4 Å². The van der Waals surface area contributed by atoms with Crippen LogP contribution in [0.15, 0.2) is 69.0 Å². The molecule has 0 bridgehead atoms. The lowest BCUT2D eigenvalue weighted by Crippen LogP contribution is -2.29. The smallest absolute Gasteiger partial charge is 0.282 e. The fourth-order valence-corrected chi connectivity index (χ4v) is 4.59. The average Bonchev–Trinajstić information content (AvgIpc) is 2.77. The highest BCUT2D eigenvalue weighted by Gasteiger charge is 2.23. The molecule has 0 aliphatic carbocycles. The summed E-state index contributed by atoms with van der Waals surface area (Å²) in [5.41, 5.74) is 2.75. The molecule has 1 aromatic heterocycles. The van der Waals surface area contributed by atoms with Crippen molar-refractivity contribution in [3.63, 3.8) is 0 Å². The molecular formula is C27H24BrCl2N3O2. The normalized spacial score (nSPS) is 12.0. The second-order valence-corrected chi connectivity index (χ2v) is 11.0. The third-order valence-electron chi connectivity index (χ3n) is 5.29. The van der Waals surface area contributed by atoms with E-state index in [2.05, 4.69) is 21.0 Å². The van der Waals surface area contributed by atoms with E-state index in [9.17, 15) is 4.79 Å². The Kier molecular flexibility index (Phi) is 7.36. The molecule has 0 aliphatic heterocycles. The lowest BCUT2D eigenvalue weighted by atomic mass is 9.95. The van der Waals surface area contributed by atoms with Gasteiger partial charge in [-0.3, -0.25) is 4.79 Å². The number of aromatic nitrogens is 2. The van der Waals surface area contributed by atoms with Crippen molar-refractivity contribution in [2.45, 2.75) is 39.7 Å². The van der Waals surface area contributed by atoms with Crippen molar-refractivity contribution in [1.82, 2.24) is 9.66 Å². The predicted molar refractivity (Wildman–Crippen MR) is 147 cm³/mol. The Morgan fingerprint density at radius 1 is 1.09 bits per heavy atom. The Morgan fingerprint density at radius 3 is 2.46 bits per heavy atom. The van der Waals surface area contributed by atoms with E-state index in [-0.39, 0.29) is 5.56 Å². The first-order chi connectivity index (χ1) is 16.5. The van der Waals surface area contributed by atoms with Crippen LogP contribution in [0, 0.1) is 6.92 Å². The zero-order valence-corrected chi connectivity index (χ0v) is 22.9. The van der Waals surface area contributed by atoms with Crippen LogP contribution in [0.2, 0.25) is 10.0 Å². The van der Waals surface area contributed by atoms with E-state index in [0.717, 1.165) is 15.6 Å². The minimum Gasteiger partial charge on any atom is -0.486 e. The molecular weight excluding hydrogens is 549 g/mol. The molecule has 0 aliphatic rings. The Bertz CT molecular complexity index is 1480. The number of benzene rings is 3. The summed E-state index contributed by atoms with van der Waals surface area (Å²) in [6.07, 6.45) is 1.55. The van der Waals surface area contributed by atoms with Gasteiger partial charge < -0.3 is 4.74 Å². The van der Waals surface area contributed by atoms with Crippen molar-refractivity contribution in [1.29, 1.82) is 0 Å². The molecule has 5 nitrogen and oxygen atoms in total. The summed E-state index contributed by atoms with van der Waals surface area (Å²) >= 11 is 16.4. The van der Waals surface area contributed by atoms with Crippen molar-refractivity contribution < 1.29 is 4.74 Å². The maximum absolute atomic E-state index is 13.3. The molecule has 0 N–H and O–H groups in total. The molecule has 0 atom stereocenters. The fourth-order valence-electron chi connectivity index (χ4n) is 3.62. The van der Waals surface area contributed by atoms with Crippen LogP contribution in [0.3, 0.4) is 0 Å². The molecule has 0 saturated heterocycles. The first-order valence-electron chi connectivity index (χ1n) is 11.0. The molecule has 0 fully saturated rings. The number of ether oxygens (including phenoxy) is 1. The third-order valence-corrected chi connectivity index (χ3v) is 6.34. The van der Waals surface area contributed by atoms with E-state index in [0.29, 0.717) is 44.7 Å². The first-order valence-corrected chi connectivity index (χ1v) is 12.5. The van der Waals surface area contributed by atoms with E-state index in [1.807, 2.05) is 64.1 Å². The van der Waals surface area contributed by atoms with E-state index >= 15 is 0 Å². The van der Waals surface area contributed by atoms with Gasteiger partial charge >= 0.3 is 0 Å². The molecule has 1 heterocycles. The van der Waals surface area contributed by atoms with Gasteiger partial charge in [0.05, 0.1) is 27.2 Å². The molecule has 0 unspecified atom stereocenters. The highest BCUT2D eigenvalue weighted by Crippen LogP contribution is 2.34. The molecule has 3 aromatic carbocycles. The van der Waals surface area contributed by atoms with Gasteiger partial charge in [-0.05, 0) is 48.4 Å². The summed E-state index contributed by atoms with van der Waals surface area (Å²) < 4.78 is 8.02. The van der Waals surface area contributed by atoms with Gasteiger partial charge in [0, 0.05) is 9.89 Å². The van der Waals surface area contributed by atoms with Crippen LogP contribution in [0.1, 0.15) is 43.3 Å². The lowest BCUT2D eigenvalue weighted by molar-refractivity contribution is 0.306. The fraction of sp³-hybridized carbons (Fsp3) is 0.222. The number of fused-ring (bicyclic) bond motifs is 1. The van der Waals surface area contributed by atoms with Gasteiger partial charge in [0.2, 0.25) is 0 Å². The summed E-state index contributed by atoms with van der Waals surface area (Å²) in [6, 6.07) is 16.9. The van der Waals surface area contributed by atoms with Crippen molar-refractivity contribution in [3.8, 4) is 5.75 Å². The Morgan fingerprint density at radius 2 is 1.80 bits per heavy atom.